The van der Waals surface area contributed by atoms with Gasteiger partial charge < -0.3 is 14.2 Å². The van der Waals surface area contributed by atoms with Crippen LogP contribution < -0.4 is 0 Å². The molecule has 0 amide bonds. The van der Waals surface area contributed by atoms with Crippen LogP contribution in [0.15, 0.2) is 89.8 Å². The molecule has 1 aliphatic rings. The highest BCUT2D eigenvalue weighted by molar-refractivity contribution is 7.92. The molecule has 1 fully saturated rings. The lowest BCUT2D eigenvalue weighted by atomic mass is 10.2. The van der Waals surface area contributed by atoms with Gasteiger partial charge in [0.2, 0.25) is 0 Å². The third-order valence-electron chi connectivity index (χ3n) is 5.63. The van der Waals surface area contributed by atoms with Crippen molar-refractivity contribution in [3.8, 4) is 0 Å². The topological polar surface area (TPSA) is 61.8 Å². The first-order chi connectivity index (χ1) is 15.5. The van der Waals surface area contributed by atoms with Crippen LogP contribution in [0.5, 0.6) is 0 Å². The highest BCUT2D eigenvalue weighted by Gasteiger charge is 2.46. The molecule has 168 valence electrons. The maximum Gasteiger partial charge on any atom is 0.186 e. The van der Waals surface area contributed by atoms with Crippen molar-refractivity contribution in [2.24, 2.45) is 0 Å². The van der Waals surface area contributed by atoms with E-state index >= 15 is 0 Å². The fraction of sp³-hybridized carbons (Fsp3) is 0.308. The van der Waals surface area contributed by atoms with Crippen molar-refractivity contribution in [1.82, 2.24) is 0 Å². The summed E-state index contributed by atoms with van der Waals surface area (Å²) in [5.41, 5.74) is 3.04. The second-order valence-electron chi connectivity index (χ2n) is 8.03. The van der Waals surface area contributed by atoms with Gasteiger partial charge in [0.15, 0.2) is 9.84 Å². The van der Waals surface area contributed by atoms with Crippen molar-refractivity contribution < 1.29 is 22.6 Å². The molecular formula is C26H28O5S. The lowest BCUT2D eigenvalue weighted by Crippen LogP contribution is -2.40. The van der Waals surface area contributed by atoms with Crippen molar-refractivity contribution in [2.75, 3.05) is 13.2 Å². The van der Waals surface area contributed by atoms with Crippen molar-refractivity contribution >= 4 is 9.84 Å². The minimum Gasteiger partial charge on any atom is -0.374 e. The molecule has 1 saturated heterocycles. The molecule has 0 N–H and O–H groups in total. The normalized spacial score (nSPS) is 21.0. The molecule has 0 aromatic heterocycles. The molecule has 0 bridgehead atoms. The molecule has 1 aliphatic heterocycles. The summed E-state index contributed by atoms with van der Waals surface area (Å²) in [7, 11) is -3.62. The third kappa shape index (κ3) is 5.45. The minimum atomic E-state index is -3.62. The summed E-state index contributed by atoms with van der Waals surface area (Å²) >= 11 is 0. The summed E-state index contributed by atoms with van der Waals surface area (Å²) in [6.45, 7) is 3.01. The standard InChI is InChI=1S/C26H28O5S/c1-20-12-14-23(15-13-20)32(27,28)25-19-30-24(18-29-16-21-8-4-2-5-9-21)26(25)31-17-22-10-6-3-7-11-22/h2-15,24-26H,16-19H2,1H3/t24-,25+,26+/m0/s1. The molecule has 0 unspecified atom stereocenters. The Hall–Kier alpha value is -2.51. The number of aryl methyl sites for hydroxylation is 1. The fourth-order valence-electron chi connectivity index (χ4n) is 3.81. The van der Waals surface area contributed by atoms with Gasteiger partial charge in [-0.25, -0.2) is 8.42 Å². The van der Waals surface area contributed by atoms with Gasteiger partial charge in [0.1, 0.15) is 17.5 Å². The van der Waals surface area contributed by atoms with E-state index in [1.165, 1.54) is 0 Å². The summed E-state index contributed by atoms with van der Waals surface area (Å²) in [5.74, 6) is 0. The summed E-state index contributed by atoms with van der Waals surface area (Å²) in [4.78, 5) is 0.288. The lowest BCUT2D eigenvalue weighted by molar-refractivity contribution is -0.0591. The summed E-state index contributed by atoms with van der Waals surface area (Å²) in [5, 5.41) is -0.792. The maximum absolute atomic E-state index is 13.4. The van der Waals surface area contributed by atoms with Gasteiger partial charge in [-0.2, -0.15) is 0 Å². The van der Waals surface area contributed by atoms with Crippen LogP contribution in [0.25, 0.3) is 0 Å². The molecule has 5 nitrogen and oxygen atoms in total. The van der Waals surface area contributed by atoms with E-state index in [1.807, 2.05) is 79.7 Å². The van der Waals surface area contributed by atoms with Gasteiger partial charge in [-0.05, 0) is 30.2 Å². The Morgan fingerprint density at radius 2 is 1.44 bits per heavy atom. The van der Waals surface area contributed by atoms with Gasteiger partial charge in [0, 0.05) is 0 Å². The van der Waals surface area contributed by atoms with Gasteiger partial charge >= 0.3 is 0 Å². The number of benzene rings is 3. The maximum atomic E-state index is 13.4. The SMILES string of the molecule is Cc1ccc(S(=O)(=O)[C@@H]2CO[C@@H](COCc3ccccc3)[C@H]2OCc2ccccc2)cc1. The zero-order valence-corrected chi connectivity index (χ0v) is 18.9. The molecule has 6 heteroatoms. The summed E-state index contributed by atoms with van der Waals surface area (Å²) < 4.78 is 44.8. The smallest absolute Gasteiger partial charge is 0.186 e. The average molecular weight is 453 g/mol. The molecule has 0 saturated carbocycles. The molecule has 1 heterocycles. The molecule has 0 radical (unpaired) electrons. The van der Waals surface area contributed by atoms with E-state index in [0.29, 0.717) is 13.2 Å². The van der Waals surface area contributed by atoms with Crippen LogP contribution in [0.4, 0.5) is 0 Å². The van der Waals surface area contributed by atoms with Crippen LogP contribution in [0.1, 0.15) is 16.7 Å². The van der Waals surface area contributed by atoms with E-state index in [-0.39, 0.29) is 18.1 Å². The predicted octanol–water partition coefficient (Wildman–Crippen LogP) is 4.34. The first kappa shape index (κ1) is 22.7. The van der Waals surface area contributed by atoms with Gasteiger partial charge in [-0.15, -0.1) is 0 Å². The number of sulfone groups is 1. The lowest BCUT2D eigenvalue weighted by Gasteiger charge is -2.24. The largest absolute Gasteiger partial charge is 0.374 e. The summed E-state index contributed by atoms with van der Waals surface area (Å²) in [6.07, 6.45) is -1.09. The molecule has 3 atom stereocenters. The van der Waals surface area contributed by atoms with Crippen molar-refractivity contribution in [2.45, 2.75) is 42.5 Å². The summed E-state index contributed by atoms with van der Waals surface area (Å²) in [6, 6.07) is 26.5. The first-order valence-electron chi connectivity index (χ1n) is 10.7. The Labute approximate surface area is 189 Å². The Bertz CT molecular complexity index is 1080. The average Bonchev–Trinajstić information content (AvgIpc) is 3.23. The van der Waals surface area contributed by atoms with Crippen LogP contribution in [0.3, 0.4) is 0 Å². The zero-order chi connectivity index (χ0) is 22.4. The van der Waals surface area contributed by atoms with Gasteiger partial charge in [-0.1, -0.05) is 78.4 Å². The van der Waals surface area contributed by atoms with Crippen LogP contribution in [-0.2, 0) is 37.3 Å². The van der Waals surface area contributed by atoms with Gasteiger partial charge in [0.25, 0.3) is 0 Å². The van der Waals surface area contributed by atoms with Crippen LogP contribution in [0.2, 0.25) is 0 Å². The van der Waals surface area contributed by atoms with E-state index in [9.17, 15) is 8.42 Å². The molecule has 4 rings (SSSR count). The first-order valence-corrected chi connectivity index (χ1v) is 12.3. The minimum absolute atomic E-state index is 0.0784. The van der Waals surface area contributed by atoms with Crippen LogP contribution in [-0.4, -0.2) is 39.1 Å². The van der Waals surface area contributed by atoms with Gasteiger partial charge in [0.05, 0.1) is 31.3 Å². The van der Waals surface area contributed by atoms with Crippen LogP contribution in [0, 0.1) is 6.92 Å². The molecular weight excluding hydrogens is 424 g/mol. The molecule has 3 aromatic rings. The van der Waals surface area contributed by atoms with E-state index in [2.05, 4.69) is 0 Å². The van der Waals surface area contributed by atoms with Gasteiger partial charge in [-0.3, -0.25) is 0 Å². The predicted molar refractivity (Wildman–Crippen MR) is 123 cm³/mol. The van der Waals surface area contributed by atoms with E-state index in [0.717, 1.165) is 16.7 Å². The van der Waals surface area contributed by atoms with Crippen molar-refractivity contribution in [1.29, 1.82) is 0 Å². The number of rotatable bonds is 9. The quantitative estimate of drug-likeness (QED) is 0.483. The van der Waals surface area contributed by atoms with E-state index in [4.69, 9.17) is 14.2 Å². The fourth-order valence-corrected chi connectivity index (χ4v) is 5.54. The number of hydrogen-bond donors (Lipinski definition) is 0. The van der Waals surface area contributed by atoms with E-state index < -0.39 is 27.3 Å². The van der Waals surface area contributed by atoms with Crippen LogP contribution >= 0.6 is 0 Å². The Balaban J connectivity index is 1.49. The van der Waals surface area contributed by atoms with Crippen molar-refractivity contribution in [3.05, 3.63) is 102 Å². The number of ether oxygens (including phenoxy) is 3. The Morgan fingerprint density at radius 1 is 0.844 bits per heavy atom. The number of hydrogen-bond acceptors (Lipinski definition) is 5. The Morgan fingerprint density at radius 3 is 2.06 bits per heavy atom. The highest BCUT2D eigenvalue weighted by Crippen LogP contribution is 2.30. The highest BCUT2D eigenvalue weighted by atomic mass is 32.2. The Kier molecular flexibility index (Phi) is 7.37. The second-order valence-corrected chi connectivity index (χ2v) is 10.2. The molecule has 0 aliphatic carbocycles. The second kappa shape index (κ2) is 10.4. The van der Waals surface area contributed by atoms with Crippen molar-refractivity contribution in [3.63, 3.8) is 0 Å². The third-order valence-corrected chi connectivity index (χ3v) is 7.77. The molecule has 3 aromatic carbocycles. The molecule has 32 heavy (non-hydrogen) atoms. The van der Waals surface area contributed by atoms with E-state index in [1.54, 1.807) is 12.1 Å². The molecule has 0 spiro atoms. The monoisotopic (exact) mass is 452 g/mol. The zero-order valence-electron chi connectivity index (χ0n) is 18.1.